The van der Waals surface area contributed by atoms with Gasteiger partial charge in [0.1, 0.15) is 72.9 Å². The number of aliphatic carboxylic acids is 1. The highest BCUT2D eigenvalue weighted by molar-refractivity contribution is 7.98. The summed E-state index contributed by atoms with van der Waals surface area (Å²) in [6.07, 6.45) is 5.01. The number of nitrogens with one attached hydrogen (secondary N) is 7. The van der Waals surface area contributed by atoms with Crippen molar-refractivity contribution in [1.29, 1.82) is 0 Å². The first-order valence-corrected chi connectivity index (χ1v) is 30.1. The monoisotopic (exact) mass is 1190 g/mol. The average Bonchev–Trinajstić information content (AvgIpc) is 4.21. The van der Waals surface area contributed by atoms with E-state index in [2.05, 4.69) is 42.4 Å². The van der Waals surface area contributed by atoms with E-state index in [1.54, 1.807) is 13.8 Å². The summed E-state index contributed by atoms with van der Waals surface area (Å²) in [4.78, 5) is 158. The maximum absolute atomic E-state index is 14.8. The van der Waals surface area contributed by atoms with Crippen LogP contribution in [0.4, 0.5) is 0 Å². The summed E-state index contributed by atoms with van der Waals surface area (Å²) in [5.41, 5.74) is 13.0. The third-order valence-electron chi connectivity index (χ3n) is 14.1. The van der Waals surface area contributed by atoms with Crippen LogP contribution in [0.15, 0.2) is 23.4 Å². The molecule has 4 aliphatic heterocycles. The van der Waals surface area contributed by atoms with Gasteiger partial charge in [0.15, 0.2) is 0 Å². The number of hydrogen-bond acceptors (Lipinski definition) is 18. The Kier molecular flexibility index (Phi) is 26.9. The molecular weight excluding hydrogens is 1110 g/mol. The number of nitrogens with zero attached hydrogens (tertiary/aromatic N) is 3. The first-order valence-electron chi connectivity index (χ1n) is 27.8. The van der Waals surface area contributed by atoms with Crippen LogP contribution in [0, 0.1) is 5.92 Å². The number of ether oxygens (including phenoxy) is 1. The first-order chi connectivity index (χ1) is 39.2. The molecule has 2 saturated heterocycles. The van der Waals surface area contributed by atoms with Crippen molar-refractivity contribution in [1.82, 2.24) is 47.0 Å². The van der Waals surface area contributed by atoms with Gasteiger partial charge in [-0.3, -0.25) is 52.7 Å². The molecule has 13 N–H and O–H groups in total. The number of carbonyl (C=O) groups is 11. The number of primary amides is 1. The zero-order valence-corrected chi connectivity index (χ0v) is 48.3. The van der Waals surface area contributed by atoms with Gasteiger partial charge in [0, 0.05) is 36.1 Å². The molecule has 0 aliphatic carbocycles. The summed E-state index contributed by atoms with van der Waals surface area (Å²) in [6.45, 7) is 4.63. The van der Waals surface area contributed by atoms with Gasteiger partial charge >= 0.3 is 5.97 Å². The lowest BCUT2D eigenvalue weighted by Crippen LogP contribution is -2.61. The number of aliphatic hydroxyl groups is 1. The summed E-state index contributed by atoms with van der Waals surface area (Å²) in [5.74, 6) is -9.32. The van der Waals surface area contributed by atoms with Crippen LogP contribution in [0.3, 0.4) is 0 Å². The Morgan fingerprint density at radius 1 is 0.695 bits per heavy atom. The van der Waals surface area contributed by atoms with Crippen LogP contribution in [0.1, 0.15) is 109 Å². The Morgan fingerprint density at radius 3 is 1.91 bits per heavy atom. The summed E-state index contributed by atoms with van der Waals surface area (Å²) >= 11 is 2.54. The van der Waals surface area contributed by atoms with Crippen LogP contribution in [0.5, 0.6) is 5.75 Å². The number of fused-ring (bicyclic) bond motifs is 7. The van der Waals surface area contributed by atoms with Gasteiger partial charge in [-0.2, -0.15) is 23.5 Å². The lowest BCUT2D eigenvalue weighted by Gasteiger charge is -2.32. The Hall–Kier alpha value is -6.72. The van der Waals surface area contributed by atoms with Crippen molar-refractivity contribution in [3.63, 3.8) is 0 Å². The normalized spacial score (nSPS) is 27.6. The third kappa shape index (κ3) is 20.3. The predicted molar refractivity (Wildman–Crippen MR) is 302 cm³/mol. The van der Waals surface area contributed by atoms with E-state index in [-0.39, 0.29) is 62.0 Å². The molecule has 1 aromatic carbocycles. The molecule has 0 aromatic heterocycles. The minimum Gasteiger partial charge on any atom is -0.494 e. The molecule has 1 aromatic rings. The Bertz CT molecular complexity index is 2470. The third-order valence-corrected chi connectivity index (χ3v) is 16.3. The van der Waals surface area contributed by atoms with E-state index >= 15 is 0 Å². The number of oxime groups is 1. The summed E-state index contributed by atoms with van der Waals surface area (Å²) < 4.78 is 6.23. The summed E-state index contributed by atoms with van der Waals surface area (Å²) in [5, 5.41) is 41.9. The smallest absolute Gasteiger partial charge is 0.305 e. The number of carboxylic acids is 1. The Morgan fingerprint density at radius 2 is 1.29 bits per heavy atom. The fourth-order valence-corrected chi connectivity index (χ4v) is 11.7. The average molecular weight is 1190 g/mol. The van der Waals surface area contributed by atoms with Crippen molar-refractivity contribution < 1.29 is 72.5 Å². The molecule has 0 spiro atoms. The molecule has 4 bridgehead atoms. The molecule has 9 atom stereocenters. The number of aliphatic hydroxyl groups excluding tert-OH is 1. The standard InChI is InChI=1S/C53H80N12O15S2/c1-30(2)44-53(78)65-17-11-14-41(65)51(76)60-37(25-66)49(74)61-38(45(55)70)28-81-26-32-20-33-22-34(21-32)79-18-8-4-5-9-19-80-56-24-42(67)58-35(12-6-7-15-54)47(72)62-39(29-82-27-33)52(77)64-16-10-13-40(64)50(75)57-31(3)46(71)59-36(23-43(68)69)48(73)63-44/h20-22,24,30-31,35-41,44,66H,4-19,23,25-29,54H2,1-3H3,(H2,55,70)(H,57,75)(H,58,67)(H,59,71)(H,60,76)(H,61,74)(H,62,72)(H,63,73)(H,68,69)/b56-24+/t31-,35-,36-,37?,38-,39-,40-,41-,44-/m0/s1. The number of carbonyl (C=O) groups excluding carboxylic acids is 10. The number of benzene rings is 1. The molecule has 4 aliphatic rings. The zero-order valence-electron chi connectivity index (χ0n) is 46.7. The van der Waals surface area contributed by atoms with Gasteiger partial charge in [-0.15, -0.1) is 0 Å². The number of amides is 10. The predicted octanol–water partition coefficient (Wildman–Crippen LogP) is -1.75. The van der Waals surface area contributed by atoms with Gasteiger partial charge in [-0.1, -0.05) is 25.1 Å². The second-order valence-electron chi connectivity index (χ2n) is 21.0. The van der Waals surface area contributed by atoms with Crippen LogP contribution in [0.2, 0.25) is 0 Å². The lowest BCUT2D eigenvalue weighted by molar-refractivity contribution is -0.144. The number of nitrogens with two attached hydrogens (primary N) is 2. The second-order valence-corrected chi connectivity index (χ2v) is 23.0. The Balaban J connectivity index is 1.52. The number of rotatable bonds is 9. The fourth-order valence-electron chi connectivity index (χ4n) is 9.67. The highest BCUT2D eigenvalue weighted by Gasteiger charge is 2.42. The molecule has 82 heavy (non-hydrogen) atoms. The molecule has 4 heterocycles. The van der Waals surface area contributed by atoms with E-state index < -0.39 is 138 Å². The lowest BCUT2D eigenvalue weighted by atomic mass is 10.0. The molecule has 0 saturated carbocycles. The molecule has 27 nitrogen and oxygen atoms in total. The SMILES string of the molecule is CC(C)[C@@H]1NC(=O)[C@H](CC(=O)O)NC(=O)[C@H](C)NC(=O)[C@@H]2CCCN2C(=O)[C@@H]2CSCc3cc(cc(c3)OCCCCCCO/N=C/C(=O)N[C@@H](CCCCN)C(=O)N2)CSC[C@@H](C(N)=O)NC(=O)C(CO)NC(=O)[C@@H]2CCCN2C1=O. The largest absolute Gasteiger partial charge is 0.494 e. The van der Waals surface area contributed by atoms with Gasteiger partial charge < -0.3 is 78.3 Å². The number of thioether (sulfide) groups is 2. The van der Waals surface area contributed by atoms with Crippen molar-refractivity contribution in [2.45, 2.75) is 164 Å². The highest BCUT2D eigenvalue weighted by atomic mass is 32.2. The number of hydrogen-bond donors (Lipinski definition) is 11. The van der Waals surface area contributed by atoms with E-state index in [0.717, 1.165) is 30.2 Å². The van der Waals surface area contributed by atoms with Crippen LogP contribution < -0.4 is 53.4 Å². The molecule has 29 heteroatoms. The molecule has 10 amide bonds. The number of unbranched alkanes of at least 4 members (excludes halogenated alkanes) is 1. The second kappa shape index (κ2) is 33.4. The van der Waals surface area contributed by atoms with Crippen LogP contribution in [-0.4, -0.2) is 197 Å². The molecule has 1 unspecified atom stereocenters. The maximum atomic E-state index is 14.8. The van der Waals surface area contributed by atoms with E-state index in [1.165, 1.54) is 40.2 Å². The summed E-state index contributed by atoms with van der Waals surface area (Å²) in [6, 6.07) is -6.54. The summed E-state index contributed by atoms with van der Waals surface area (Å²) in [7, 11) is 0. The minimum absolute atomic E-state index is 0.0346. The van der Waals surface area contributed by atoms with Gasteiger partial charge in [-0.05, 0) is 113 Å². The van der Waals surface area contributed by atoms with E-state index in [4.69, 9.17) is 21.0 Å². The molecular formula is C53H80N12O15S2. The zero-order chi connectivity index (χ0) is 59.9. The van der Waals surface area contributed by atoms with Crippen LogP contribution >= 0.6 is 23.5 Å². The van der Waals surface area contributed by atoms with Crippen LogP contribution in [-0.2, 0) is 69.1 Å². The quantitative estimate of drug-likeness (QED) is 0.122. The van der Waals surface area contributed by atoms with Gasteiger partial charge in [0.05, 0.1) is 19.6 Å². The fraction of sp³-hybridized carbons (Fsp3) is 0.660. The van der Waals surface area contributed by atoms with Gasteiger partial charge in [0.2, 0.25) is 53.2 Å². The molecule has 5 rings (SSSR count). The molecule has 2 fully saturated rings. The highest BCUT2D eigenvalue weighted by Crippen LogP contribution is 2.27. The van der Waals surface area contributed by atoms with Crippen molar-refractivity contribution >= 4 is 94.8 Å². The van der Waals surface area contributed by atoms with Crippen molar-refractivity contribution in [2.24, 2.45) is 22.5 Å². The first kappa shape index (κ1) is 66.1. The van der Waals surface area contributed by atoms with Crippen molar-refractivity contribution in [3.05, 3.63) is 29.3 Å². The van der Waals surface area contributed by atoms with E-state index in [1.807, 2.05) is 18.2 Å². The van der Waals surface area contributed by atoms with E-state index in [9.17, 15) is 63.0 Å². The maximum Gasteiger partial charge on any atom is 0.305 e. The number of carboxylic acid groups (broad SMARTS) is 1. The van der Waals surface area contributed by atoms with Crippen molar-refractivity contribution in [2.75, 3.05) is 51.0 Å². The topological polar surface area (TPSA) is 402 Å². The molecule has 454 valence electrons. The minimum atomic E-state index is -1.77. The van der Waals surface area contributed by atoms with Crippen molar-refractivity contribution in [3.8, 4) is 5.75 Å². The van der Waals surface area contributed by atoms with Gasteiger partial charge in [0.25, 0.3) is 5.91 Å². The Labute approximate surface area is 484 Å². The van der Waals surface area contributed by atoms with Crippen LogP contribution in [0.25, 0.3) is 0 Å². The van der Waals surface area contributed by atoms with Gasteiger partial charge in [-0.25, -0.2) is 0 Å². The van der Waals surface area contributed by atoms with E-state index in [0.29, 0.717) is 57.4 Å². The molecule has 0 radical (unpaired) electrons.